The van der Waals surface area contributed by atoms with Gasteiger partial charge in [-0.15, -0.1) is 0 Å². The average Bonchev–Trinajstić information content (AvgIpc) is 3.45. The van der Waals surface area contributed by atoms with E-state index in [4.69, 9.17) is 4.42 Å². The monoisotopic (exact) mass is 369 g/mol. The Labute approximate surface area is 151 Å². The maximum atomic E-state index is 12.9. The number of nitrogens with one attached hydrogen (secondary N) is 1. The number of hydrogen-bond donors (Lipinski definition) is 1. The molecule has 1 atom stereocenters. The van der Waals surface area contributed by atoms with Crippen molar-refractivity contribution in [1.82, 2.24) is 4.72 Å². The number of fused-ring (bicyclic) bond motifs is 1. The molecule has 1 N–H and O–H groups in total. The van der Waals surface area contributed by atoms with E-state index < -0.39 is 15.6 Å². The lowest BCUT2D eigenvalue weighted by atomic mass is 10.0. The molecule has 0 spiro atoms. The number of sulfonamides is 1. The molecule has 1 aromatic heterocycles. The lowest BCUT2D eigenvalue weighted by Gasteiger charge is -2.19. The van der Waals surface area contributed by atoms with Crippen LogP contribution in [0.3, 0.4) is 0 Å². The van der Waals surface area contributed by atoms with Crippen molar-refractivity contribution >= 4 is 21.0 Å². The van der Waals surface area contributed by atoms with Crippen molar-refractivity contribution in [3.63, 3.8) is 0 Å². The largest absolute Gasteiger partial charge is 0.423 e. The Morgan fingerprint density at radius 2 is 1.77 bits per heavy atom. The van der Waals surface area contributed by atoms with Gasteiger partial charge in [-0.3, -0.25) is 0 Å². The minimum atomic E-state index is -3.69. The van der Waals surface area contributed by atoms with E-state index in [1.807, 2.05) is 31.2 Å². The van der Waals surface area contributed by atoms with Gasteiger partial charge < -0.3 is 4.42 Å². The van der Waals surface area contributed by atoms with Crippen molar-refractivity contribution in [3.8, 4) is 0 Å². The van der Waals surface area contributed by atoms with Gasteiger partial charge in [-0.2, -0.15) is 0 Å². The third kappa shape index (κ3) is 3.43. The third-order valence-corrected chi connectivity index (χ3v) is 6.15. The summed E-state index contributed by atoms with van der Waals surface area (Å²) in [5, 5.41) is 0.575. The Morgan fingerprint density at radius 3 is 2.46 bits per heavy atom. The van der Waals surface area contributed by atoms with E-state index in [0.717, 1.165) is 24.0 Å². The summed E-state index contributed by atoms with van der Waals surface area (Å²) in [6, 6.07) is 15.1. The average molecular weight is 369 g/mol. The summed E-state index contributed by atoms with van der Waals surface area (Å²) in [4.78, 5) is 11.4. The van der Waals surface area contributed by atoms with E-state index in [1.54, 1.807) is 6.07 Å². The highest BCUT2D eigenvalue weighted by molar-refractivity contribution is 7.89. The minimum absolute atomic E-state index is 0.164. The van der Waals surface area contributed by atoms with Crippen LogP contribution in [0.15, 0.2) is 68.7 Å². The van der Waals surface area contributed by atoms with Crippen LogP contribution in [0.5, 0.6) is 0 Å². The zero-order valence-corrected chi connectivity index (χ0v) is 15.1. The number of hydrogen-bond acceptors (Lipinski definition) is 4. The molecule has 5 nitrogen and oxygen atoms in total. The predicted octanol–water partition coefficient (Wildman–Crippen LogP) is 3.53. The molecule has 0 amide bonds. The second-order valence-electron chi connectivity index (χ2n) is 6.80. The lowest BCUT2D eigenvalue weighted by molar-refractivity contribution is 0.529. The number of benzene rings is 2. The standard InChI is InChI=1S/C20H19NO4S/c1-13-2-4-14(5-3-13)20(15-6-7-15)21-26(23,24)17-9-10-18-16(12-17)8-11-19(22)25-18/h2-5,8-12,15,20-21H,6-7H2,1H3. The second-order valence-corrected chi connectivity index (χ2v) is 8.52. The van der Waals surface area contributed by atoms with Crippen LogP contribution in [0, 0.1) is 12.8 Å². The molecular formula is C20H19NO4S. The van der Waals surface area contributed by atoms with Crippen LogP contribution in [0.4, 0.5) is 0 Å². The molecule has 26 heavy (non-hydrogen) atoms. The molecule has 6 heteroatoms. The summed E-state index contributed by atoms with van der Waals surface area (Å²) < 4.78 is 33.8. The normalized spacial score (nSPS) is 15.9. The van der Waals surface area contributed by atoms with E-state index in [1.165, 1.54) is 24.3 Å². The van der Waals surface area contributed by atoms with E-state index in [-0.39, 0.29) is 10.9 Å². The van der Waals surface area contributed by atoms with Gasteiger partial charge >= 0.3 is 5.63 Å². The lowest BCUT2D eigenvalue weighted by Crippen LogP contribution is -2.30. The zero-order chi connectivity index (χ0) is 18.3. The van der Waals surface area contributed by atoms with Crippen LogP contribution in [-0.4, -0.2) is 8.42 Å². The van der Waals surface area contributed by atoms with Gasteiger partial charge in [-0.05, 0) is 55.5 Å². The van der Waals surface area contributed by atoms with E-state index in [0.29, 0.717) is 16.9 Å². The first-order valence-corrected chi connectivity index (χ1v) is 10.0. The fourth-order valence-electron chi connectivity index (χ4n) is 3.09. The van der Waals surface area contributed by atoms with Gasteiger partial charge in [0.2, 0.25) is 10.0 Å². The minimum Gasteiger partial charge on any atom is -0.423 e. The maximum Gasteiger partial charge on any atom is 0.336 e. The Hall–Kier alpha value is -2.44. The Morgan fingerprint density at radius 1 is 1.04 bits per heavy atom. The molecule has 1 unspecified atom stereocenters. The Bertz CT molecular complexity index is 1110. The predicted molar refractivity (Wildman–Crippen MR) is 99.4 cm³/mol. The highest BCUT2D eigenvalue weighted by Gasteiger charge is 2.35. The SMILES string of the molecule is Cc1ccc(C(NS(=O)(=O)c2ccc3oc(=O)ccc3c2)C2CC2)cc1. The van der Waals surface area contributed by atoms with Gasteiger partial charge in [-0.1, -0.05) is 29.8 Å². The van der Waals surface area contributed by atoms with E-state index in [2.05, 4.69) is 4.72 Å². The van der Waals surface area contributed by atoms with Gasteiger partial charge in [0.05, 0.1) is 4.90 Å². The molecule has 3 aromatic rings. The molecular weight excluding hydrogens is 350 g/mol. The molecule has 4 rings (SSSR count). The van der Waals surface area contributed by atoms with Crippen LogP contribution in [0.25, 0.3) is 11.0 Å². The van der Waals surface area contributed by atoms with Gasteiger partial charge in [0, 0.05) is 17.5 Å². The van der Waals surface area contributed by atoms with Crippen molar-refractivity contribution in [2.24, 2.45) is 5.92 Å². The molecule has 134 valence electrons. The quantitative estimate of drug-likeness (QED) is 0.698. The molecule has 1 saturated carbocycles. The first-order chi connectivity index (χ1) is 12.4. The smallest absolute Gasteiger partial charge is 0.336 e. The first-order valence-electron chi connectivity index (χ1n) is 8.55. The zero-order valence-electron chi connectivity index (χ0n) is 14.3. The third-order valence-electron chi connectivity index (χ3n) is 4.71. The summed E-state index contributed by atoms with van der Waals surface area (Å²) in [5.74, 6) is 0.325. The van der Waals surface area contributed by atoms with Crippen LogP contribution in [0.1, 0.15) is 30.0 Å². The number of rotatable bonds is 5. The summed E-state index contributed by atoms with van der Waals surface area (Å²) in [7, 11) is -3.69. The van der Waals surface area contributed by atoms with Gasteiger partial charge in [0.1, 0.15) is 5.58 Å². The maximum absolute atomic E-state index is 12.9. The van der Waals surface area contributed by atoms with Gasteiger partial charge in [-0.25, -0.2) is 17.9 Å². The van der Waals surface area contributed by atoms with E-state index in [9.17, 15) is 13.2 Å². The number of aryl methyl sites for hydroxylation is 1. The fraction of sp³-hybridized carbons (Fsp3) is 0.250. The molecule has 0 saturated heterocycles. The van der Waals surface area contributed by atoms with Crippen molar-refractivity contribution in [1.29, 1.82) is 0 Å². The highest BCUT2D eigenvalue weighted by Crippen LogP contribution is 2.41. The van der Waals surface area contributed by atoms with Crippen LogP contribution >= 0.6 is 0 Å². The Balaban J connectivity index is 1.68. The van der Waals surface area contributed by atoms with Crippen LogP contribution < -0.4 is 10.3 Å². The topological polar surface area (TPSA) is 76.4 Å². The van der Waals surface area contributed by atoms with Crippen LogP contribution in [0.2, 0.25) is 0 Å². The van der Waals surface area contributed by atoms with Crippen molar-refractivity contribution in [2.75, 3.05) is 0 Å². The van der Waals surface area contributed by atoms with Crippen molar-refractivity contribution in [3.05, 3.63) is 76.1 Å². The molecule has 1 aliphatic rings. The molecule has 1 fully saturated rings. The molecule has 1 aliphatic carbocycles. The first kappa shape index (κ1) is 17.0. The summed E-state index contributed by atoms with van der Waals surface area (Å²) in [6.45, 7) is 2.01. The highest BCUT2D eigenvalue weighted by atomic mass is 32.2. The van der Waals surface area contributed by atoms with Gasteiger partial charge in [0.15, 0.2) is 0 Å². The second kappa shape index (κ2) is 6.37. The molecule has 0 bridgehead atoms. The molecule has 1 heterocycles. The van der Waals surface area contributed by atoms with Crippen LogP contribution in [-0.2, 0) is 10.0 Å². The molecule has 2 aromatic carbocycles. The summed E-state index contributed by atoms with van der Waals surface area (Å²) >= 11 is 0. The van der Waals surface area contributed by atoms with Gasteiger partial charge in [0.25, 0.3) is 0 Å². The summed E-state index contributed by atoms with van der Waals surface area (Å²) in [5.41, 5.74) is 2.03. The summed E-state index contributed by atoms with van der Waals surface area (Å²) in [6.07, 6.45) is 2.04. The van der Waals surface area contributed by atoms with Crippen molar-refractivity contribution < 1.29 is 12.8 Å². The van der Waals surface area contributed by atoms with Crippen molar-refractivity contribution in [2.45, 2.75) is 30.7 Å². The molecule has 0 aliphatic heterocycles. The van der Waals surface area contributed by atoms with E-state index >= 15 is 0 Å². The Kier molecular flexibility index (Phi) is 4.17. The fourth-order valence-corrected chi connectivity index (χ4v) is 4.42. The molecule has 0 radical (unpaired) electrons.